The molecule has 0 atom stereocenters. The number of allylic oxidation sites excluding steroid dienone is 1. The summed E-state index contributed by atoms with van der Waals surface area (Å²) in [6.45, 7) is 4.14. The van der Waals surface area contributed by atoms with E-state index in [2.05, 4.69) is 30.9 Å². The summed E-state index contributed by atoms with van der Waals surface area (Å²) in [6, 6.07) is 14.9. The van der Waals surface area contributed by atoms with E-state index in [1.54, 1.807) is 24.3 Å². The van der Waals surface area contributed by atoms with Gasteiger partial charge in [-0.05, 0) is 49.1 Å². The Bertz CT molecular complexity index is 772. The van der Waals surface area contributed by atoms with Crippen molar-refractivity contribution in [3.05, 3.63) is 76.6 Å². The molecule has 0 aliphatic heterocycles. The molecule has 136 valence electrons. The summed E-state index contributed by atoms with van der Waals surface area (Å²) in [5.41, 5.74) is 3.33. The highest BCUT2D eigenvalue weighted by molar-refractivity contribution is 5.62. The Hall–Kier alpha value is -2.40. The van der Waals surface area contributed by atoms with Gasteiger partial charge in [-0.3, -0.25) is 0 Å². The predicted molar refractivity (Wildman–Crippen MR) is 106 cm³/mol. The highest BCUT2D eigenvalue weighted by atomic mass is 19.2. The van der Waals surface area contributed by atoms with E-state index in [0.717, 1.165) is 24.0 Å². The second-order valence-corrected chi connectivity index (χ2v) is 6.45. The van der Waals surface area contributed by atoms with Crippen LogP contribution in [0.15, 0.2) is 54.4 Å². The maximum absolute atomic E-state index is 14.0. The third-order valence-electron chi connectivity index (χ3n) is 4.25. The van der Waals surface area contributed by atoms with Crippen LogP contribution in [-0.4, -0.2) is 0 Å². The van der Waals surface area contributed by atoms with Crippen molar-refractivity contribution in [3.63, 3.8) is 0 Å². The highest BCUT2D eigenvalue weighted by Crippen LogP contribution is 2.24. The van der Waals surface area contributed by atoms with Crippen molar-refractivity contribution < 1.29 is 8.78 Å². The van der Waals surface area contributed by atoms with Gasteiger partial charge in [0.05, 0.1) is 0 Å². The molecule has 0 saturated carbocycles. The number of unbranched alkanes of at least 4 members (excludes halogenated alkanes) is 2. The monoisotopic (exact) mass is 352 g/mol. The molecule has 0 fully saturated rings. The molecule has 0 saturated heterocycles. The molecule has 0 spiro atoms. The van der Waals surface area contributed by atoms with Gasteiger partial charge >= 0.3 is 0 Å². The summed E-state index contributed by atoms with van der Waals surface area (Å²) in [5, 5.41) is 0. The summed E-state index contributed by atoms with van der Waals surface area (Å²) >= 11 is 0. The molecule has 0 aliphatic carbocycles. The molecule has 2 heteroatoms. The van der Waals surface area contributed by atoms with E-state index >= 15 is 0 Å². The quantitative estimate of drug-likeness (QED) is 0.461. The van der Waals surface area contributed by atoms with Gasteiger partial charge in [0.25, 0.3) is 0 Å². The molecule has 0 amide bonds. The van der Waals surface area contributed by atoms with Crippen molar-refractivity contribution in [2.24, 2.45) is 0 Å². The number of halogens is 2. The lowest BCUT2D eigenvalue weighted by Crippen LogP contribution is -1.86. The van der Waals surface area contributed by atoms with E-state index in [-0.39, 0.29) is 12.0 Å². The Morgan fingerprint density at radius 1 is 0.769 bits per heavy atom. The minimum absolute atomic E-state index is 0.151. The van der Waals surface area contributed by atoms with Crippen LogP contribution in [0.1, 0.15) is 68.2 Å². The summed E-state index contributed by atoms with van der Waals surface area (Å²) in [5.74, 6) is 4.75. The fourth-order valence-corrected chi connectivity index (χ4v) is 2.58. The second-order valence-electron chi connectivity index (χ2n) is 6.45. The molecule has 0 aromatic heterocycles. The van der Waals surface area contributed by atoms with Gasteiger partial charge in [0.15, 0.2) is 5.83 Å². The number of hydrogen-bond donors (Lipinski definition) is 0. The predicted octanol–water partition coefficient (Wildman–Crippen LogP) is 7.23. The number of rotatable bonds is 7. The Morgan fingerprint density at radius 2 is 1.31 bits per heavy atom. The van der Waals surface area contributed by atoms with E-state index in [9.17, 15) is 8.78 Å². The van der Waals surface area contributed by atoms with Crippen molar-refractivity contribution in [1.82, 2.24) is 0 Å². The average Bonchev–Trinajstić information content (AvgIpc) is 2.69. The van der Waals surface area contributed by atoms with Crippen molar-refractivity contribution in [1.29, 1.82) is 0 Å². The molecule has 2 aromatic carbocycles. The van der Waals surface area contributed by atoms with Crippen LogP contribution in [0.3, 0.4) is 0 Å². The van der Waals surface area contributed by atoms with Crippen LogP contribution in [0, 0.1) is 11.8 Å². The van der Waals surface area contributed by atoms with Crippen LogP contribution >= 0.6 is 0 Å². The molecule has 0 heterocycles. The third-order valence-corrected chi connectivity index (χ3v) is 4.25. The fraction of sp³-hybridized carbons (Fsp3) is 0.333. The van der Waals surface area contributed by atoms with Gasteiger partial charge < -0.3 is 0 Å². The lowest BCUT2D eigenvalue weighted by molar-refractivity contribution is 0.548. The maximum atomic E-state index is 14.0. The SMILES string of the molecule is CCCCC(F)=C(F)c1ccc(C#Cc2ccc(CCCC)cc2)cc1. The Kier molecular flexibility index (Phi) is 8.09. The van der Waals surface area contributed by atoms with Crippen LogP contribution in [0.25, 0.3) is 5.83 Å². The third kappa shape index (κ3) is 6.15. The Labute approximate surface area is 156 Å². The molecule has 26 heavy (non-hydrogen) atoms. The Morgan fingerprint density at radius 3 is 1.85 bits per heavy atom. The minimum Gasteiger partial charge on any atom is -0.209 e. The summed E-state index contributed by atoms with van der Waals surface area (Å²) in [4.78, 5) is 0. The summed E-state index contributed by atoms with van der Waals surface area (Å²) < 4.78 is 27.8. The van der Waals surface area contributed by atoms with E-state index in [1.807, 2.05) is 19.1 Å². The van der Waals surface area contributed by atoms with Crippen LogP contribution in [0.5, 0.6) is 0 Å². The number of benzene rings is 2. The van der Waals surface area contributed by atoms with Gasteiger partial charge in [-0.15, -0.1) is 0 Å². The lowest BCUT2D eigenvalue weighted by atomic mass is 10.1. The zero-order valence-electron chi connectivity index (χ0n) is 15.6. The van der Waals surface area contributed by atoms with Gasteiger partial charge in [-0.2, -0.15) is 0 Å². The van der Waals surface area contributed by atoms with Crippen molar-refractivity contribution in [2.45, 2.75) is 52.4 Å². The van der Waals surface area contributed by atoms with Gasteiger partial charge in [-0.25, -0.2) is 8.78 Å². The first-order valence-corrected chi connectivity index (χ1v) is 9.39. The van der Waals surface area contributed by atoms with E-state index < -0.39 is 11.7 Å². The lowest BCUT2D eigenvalue weighted by Gasteiger charge is -2.01. The van der Waals surface area contributed by atoms with Crippen molar-refractivity contribution in [3.8, 4) is 11.8 Å². The molecule has 0 aliphatic rings. The largest absolute Gasteiger partial charge is 0.209 e. The molecular weight excluding hydrogens is 326 g/mol. The zero-order chi connectivity index (χ0) is 18.8. The van der Waals surface area contributed by atoms with Crippen molar-refractivity contribution in [2.75, 3.05) is 0 Å². The first kappa shape index (κ1) is 19.9. The maximum Gasteiger partial charge on any atom is 0.161 e. The van der Waals surface area contributed by atoms with Crippen LogP contribution in [-0.2, 0) is 6.42 Å². The summed E-state index contributed by atoms with van der Waals surface area (Å²) in [6.07, 6.45) is 5.13. The summed E-state index contributed by atoms with van der Waals surface area (Å²) in [7, 11) is 0. The zero-order valence-corrected chi connectivity index (χ0v) is 15.6. The first-order chi connectivity index (χ1) is 12.6. The van der Waals surface area contributed by atoms with Gasteiger partial charge in [0.1, 0.15) is 5.83 Å². The van der Waals surface area contributed by atoms with Crippen molar-refractivity contribution >= 4 is 5.83 Å². The van der Waals surface area contributed by atoms with E-state index in [1.165, 1.54) is 18.4 Å². The standard InChI is InChI=1S/C24H26F2/c1-3-5-7-19-9-11-20(12-10-19)13-14-21-15-17-22(18-16-21)24(26)23(25)8-6-4-2/h9-12,15-18H,3-8H2,1-2H3. The van der Waals surface area contributed by atoms with Gasteiger partial charge in [-0.1, -0.05) is 62.8 Å². The topological polar surface area (TPSA) is 0 Å². The molecule has 0 N–H and O–H groups in total. The van der Waals surface area contributed by atoms with Crippen LogP contribution < -0.4 is 0 Å². The molecule has 0 radical (unpaired) electrons. The van der Waals surface area contributed by atoms with E-state index in [4.69, 9.17) is 0 Å². The normalized spacial score (nSPS) is 11.5. The number of hydrogen-bond acceptors (Lipinski definition) is 0. The second kappa shape index (κ2) is 10.6. The minimum atomic E-state index is -0.763. The number of aryl methyl sites for hydroxylation is 1. The molecule has 0 unspecified atom stereocenters. The fourth-order valence-electron chi connectivity index (χ4n) is 2.58. The smallest absolute Gasteiger partial charge is 0.161 e. The van der Waals surface area contributed by atoms with Gasteiger partial charge in [0, 0.05) is 23.1 Å². The van der Waals surface area contributed by atoms with Crippen LogP contribution in [0.4, 0.5) is 8.78 Å². The highest BCUT2D eigenvalue weighted by Gasteiger charge is 2.08. The molecule has 0 bridgehead atoms. The molecule has 2 aromatic rings. The first-order valence-electron chi connectivity index (χ1n) is 9.39. The molecule has 2 rings (SSSR count). The Balaban J connectivity index is 2.04. The molecular formula is C24H26F2. The van der Waals surface area contributed by atoms with Gasteiger partial charge in [0.2, 0.25) is 0 Å². The van der Waals surface area contributed by atoms with E-state index in [0.29, 0.717) is 6.42 Å². The molecule has 0 nitrogen and oxygen atoms in total. The van der Waals surface area contributed by atoms with Crippen LogP contribution in [0.2, 0.25) is 0 Å². The average molecular weight is 352 g/mol.